The largest absolute Gasteiger partial charge is 0.467 e. The lowest BCUT2D eigenvalue weighted by atomic mass is 9.93. The number of rotatable bonds is 0. The van der Waals surface area contributed by atoms with E-state index in [1.807, 2.05) is 19.9 Å². The Kier molecular flexibility index (Phi) is 3.31. The van der Waals surface area contributed by atoms with Crippen LogP contribution in [-0.4, -0.2) is 15.3 Å². The summed E-state index contributed by atoms with van der Waals surface area (Å²) in [4.78, 5) is 12.1. The fraction of sp³-hybridized carbons (Fsp3) is 0.417. The third kappa shape index (κ3) is 2.21. The number of ketones is 1. The van der Waals surface area contributed by atoms with E-state index in [9.17, 15) is 4.79 Å². The molecule has 0 amide bonds. The van der Waals surface area contributed by atoms with Gasteiger partial charge in [-0.15, -0.1) is 0 Å². The van der Waals surface area contributed by atoms with Crippen LogP contribution >= 0.6 is 34.8 Å². The molecule has 1 aromatic rings. The van der Waals surface area contributed by atoms with Crippen molar-refractivity contribution in [1.29, 1.82) is 0 Å². The van der Waals surface area contributed by atoms with E-state index in [1.54, 1.807) is 6.07 Å². The predicted molar refractivity (Wildman–Crippen MR) is 72.7 cm³/mol. The van der Waals surface area contributed by atoms with Gasteiger partial charge in [0.05, 0.1) is 12.0 Å². The fourth-order valence-corrected chi connectivity index (χ4v) is 2.40. The van der Waals surface area contributed by atoms with Gasteiger partial charge >= 0.3 is 0 Å². The van der Waals surface area contributed by atoms with Gasteiger partial charge in [0.1, 0.15) is 5.75 Å². The van der Waals surface area contributed by atoms with E-state index < -0.39 is 9.52 Å². The summed E-state index contributed by atoms with van der Waals surface area (Å²) < 4.78 is 3.70. The molecule has 2 rings (SSSR count). The number of halogens is 3. The van der Waals surface area contributed by atoms with Gasteiger partial charge < -0.3 is 4.74 Å². The Bertz CT molecular complexity index is 525. The first-order valence-electron chi connectivity index (χ1n) is 5.33. The maximum atomic E-state index is 12.1. The number of fused-ring (bicyclic) bond motifs is 1. The van der Waals surface area contributed by atoms with Crippen molar-refractivity contribution in [2.45, 2.75) is 29.8 Å². The zero-order chi connectivity index (χ0) is 13.7. The van der Waals surface area contributed by atoms with E-state index in [4.69, 9.17) is 45.3 Å². The van der Waals surface area contributed by atoms with Crippen LogP contribution in [0.15, 0.2) is 12.1 Å². The van der Waals surface area contributed by atoms with Crippen LogP contribution in [0.25, 0.3) is 0 Å². The van der Waals surface area contributed by atoms with Gasteiger partial charge in [0, 0.05) is 0 Å². The maximum absolute atomic E-state index is 12.1. The molecule has 98 valence electrons. The standard InChI is InChI=1S/C12H12Cl3NO2/c1-6-3-7(2)10-8(17)5-11(16,12(13,14)15)18-9(10)4-6/h3-4H,5,16H2,1-2H3/t11-/m1/s1. The van der Waals surface area contributed by atoms with E-state index in [0.29, 0.717) is 11.3 Å². The minimum atomic E-state index is -1.88. The van der Waals surface area contributed by atoms with Crippen molar-refractivity contribution in [3.05, 3.63) is 28.8 Å². The molecule has 1 atom stereocenters. The molecule has 1 aliphatic heterocycles. The van der Waals surface area contributed by atoms with E-state index in [2.05, 4.69) is 0 Å². The summed E-state index contributed by atoms with van der Waals surface area (Å²) in [6, 6.07) is 3.62. The van der Waals surface area contributed by atoms with Crippen LogP contribution in [0, 0.1) is 13.8 Å². The van der Waals surface area contributed by atoms with Gasteiger partial charge in [0.2, 0.25) is 9.52 Å². The van der Waals surface area contributed by atoms with Gasteiger partial charge in [-0.05, 0) is 31.0 Å². The summed E-state index contributed by atoms with van der Waals surface area (Å²) in [5, 5.41) is 0. The van der Waals surface area contributed by atoms with Crippen LogP contribution in [0.1, 0.15) is 27.9 Å². The molecule has 1 aliphatic rings. The van der Waals surface area contributed by atoms with E-state index in [0.717, 1.165) is 11.1 Å². The van der Waals surface area contributed by atoms with Crippen molar-refractivity contribution in [3.63, 3.8) is 0 Å². The average Bonchev–Trinajstić information content (AvgIpc) is 2.12. The van der Waals surface area contributed by atoms with Crippen molar-refractivity contribution in [3.8, 4) is 5.75 Å². The normalized spacial score (nSPS) is 23.6. The van der Waals surface area contributed by atoms with Crippen molar-refractivity contribution in [1.82, 2.24) is 0 Å². The third-order valence-corrected chi connectivity index (χ3v) is 3.88. The molecule has 3 nitrogen and oxygen atoms in total. The molecular formula is C12H12Cl3NO2. The zero-order valence-electron chi connectivity index (χ0n) is 9.89. The second-order valence-corrected chi connectivity index (χ2v) is 6.83. The number of aryl methyl sites for hydroxylation is 2. The summed E-state index contributed by atoms with van der Waals surface area (Å²) in [6.07, 6.45) is -0.166. The maximum Gasteiger partial charge on any atom is 0.243 e. The fourth-order valence-electron chi connectivity index (χ4n) is 2.08. The van der Waals surface area contributed by atoms with Gasteiger partial charge in [-0.3, -0.25) is 10.5 Å². The van der Waals surface area contributed by atoms with Gasteiger partial charge in [-0.25, -0.2) is 0 Å². The summed E-state index contributed by atoms with van der Waals surface area (Å²) >= 11 is 17.4. The van der Waals surface area contributed by atoms with Gasteiger partial charge in [-0.1, -0.05) is 40.9 Å². The molecule has 0 aliphatic carbocycles. The monoisotopic (exact) mass is 307 g/mol. The van der Waals surface area contributed by atoms with Crippen LogP contribution in [0.3, 0.4) is 0 Å². The lowest BCUT2D eigenvalue weighted by Gasteiger charge is -2.39. The summed E-state index contributed by atoms with van der Waals surface area (Å²) in [6.45, 7) is 3.73. The van der Waals surface area contributed by atoms with Gasteiger partial charge in [0.25, 0.3) is 0 Å². The molecule has 0 aromatic heterocycles. The van der Waals surface area contributed by atoms with E-state index in [-0.39, 0.29) is 12.2 Å². The smallest absolute Gasteiger partial charge is 0.243 e. The summed E-state index contributed by atoms with van der Waals surface area (Å²) in [5.74, 6) is 0.195. The number of alkyl halides is 3. The Morgan fingerprint density at radius 2 is 1.94 bits per heavy atom. The van der Waals surface area contributed by atoms with E-state index in [1.165, 1.54) is 0 Å². The topological polar surface area (TPSA) is 52.3 Å². The lowest BCUT2D eigenvalue weighted by molar-refractivity contribution is 0.0467. The first-order valence-corrected chi connectivity index (χ1v) is 6.46. The number of carbonyl (C=O) groups is 1. The Morgan fingerprint density at radius 3 is 2.50 bits per heavy atom. The highest BCUT2D eigenvalue weighted by atomic mass is 35.6. The van der Waals surface area contributed by atoms with Crippen LogP contribution in [0.2, 0.25) is 0 Å². The molecule has 0 saturated heterocycles. The Morgan fingerprint density at radius 1 is 1.33 bits per heavy atom. The zero-order valence-corrected chi connectivity index (χ0v) is 12.2. The highest BCUT2D eigenvalue weighted by Crippen LogP contribution is 2.45. The molecular weight excluding hydrogens is 296 g/mol. The van der Waals surface area contributed by atoms with Crippen LogP contribution in [-0.2, 0) is 0 Å². The quantitative estimate of drug-likeness (QED) is 0.748. The van der Waals surface area contributed by atoms with Crippen LogP contribution in [0.4, 0.5) is 0 Å². The molecule has 1 aromatic carbocycles. The minimum Gasteiger partial charge on any atom is -0.467 e. The molecule has 0 bridgehead atoms. The van der Waals surface area contributed by atoms with Crippen molar-refractivity contribution < 1.29 is 9.53 Å². The van der Waals surface area contributed by atoms with E-state index >= 15 is 0 Å². The highest BCUT2D eigenvalue weighted by Gasteiger charge is 2.52. The lowest BCUT2D eigenvalue weighted by Crippen LogP contribution is -2.59. The SMILES string of the molecule is Cc1cc(C)c2c(c1)O[C@@](N)(C(Cl)(Cl)Cl)CC2=O. The van der Waals surface area contributed by atoms with Crippen molar-refractivity contribution in [2.24, 2.45) is 5.73 Å². The number of hydrogen-bond acceptors (Lipinski definition) is 3. The molecule has 6 heteroatoms. The molecule has 0 unspecified atom stereocenters. The van der Waals surface area contributed by atoms with Crippen LogP contribution < -0.4 is 10.5 Å². The second kappa shape index (κ2) is 4.27. The van der Waals surface area contributed by atoms with Crippen molar-refractivity contribution >= 4 is 40.6 Å². The summed E-state index contributed by atoms with van der Waals surface area (Å²) in [5.41, 5.74) is 6.56. The Balaban J connectivity index is 2.56. The number of nitrogens with two attached hydrogens (primary N) is 1. The first-order chi connectivity index (χ1) is 8.14. The molecule has 0 spiro atoms. The third-order valence-electron chi connectivity index (χ3n) is 2.92. The van der Waals surface area contributed by atoms with Gasteiger partial charge in [-0.2, -0.15) is 0 Å². The number of carbonyl (C=O) groups excluding carboxylic acids is 1. The second-order valence-electron chi connectivity index (χ2n) is 4.54. The molecule has 2 N–H and O–H groups in total. The van der Waals surface area contributed by atoms with Crippen molar-refractivity contribution in [2.75, 3.05) is 0 Å². The molecule has 0 radical (unpaired) electrons. The summed E-state index contributed by atoms with van der Waals surface area (Å²) in [7, 11) is 0. The molecule has 1 heterocycles. The number of hydrogen-bond donors (Lipinski definition) is 1. The molecule has 0 fully saturated rings. The van der Waals surface area contributed by atoms with Gasteiger partial charge in [0.15, 0.2) is 5.78 Å². The number of ether oxygens (including phenoxy) is 1. The minimum absolute atomic E-state index is 0.166. The first kappa shape index (κ1) is 13.9. The Labute approximate surface area is 120 Å². The predicted octanol–water partition coefficient (Wildman–Crippen LogP) is 3.29. The molecule has 18 heavy (non-hydrogen) atoms. The molecule has 0 saturated carbocycles. The Hall–Kier alpha value is -0.480. The number of benzene rings is 1. The van der Waals surface area contributed by atoms with Crippen LogP contribution in [0.5, 0.6) is 5.75 Å². The average molecular weight is 309 g/mol. The number of Topliss-reactive ketones (excluding diaryl/α,β-unsaturated/α-hetero) is 1. The highest BCUT2D eigenvalue weighted by molar-refractivity contribution is 6.68.